The van der Waals surface area contributed by atoms with Gasteiger partial charge in [0.25, 0.3) is 0 Å². The first-order valence-electron chi connectivity index (χ1n) is 6.50. The smallest absolute Gasteiger partial charge is 0.00958 e. The van der Waals surface area contributed by atoms with Gasteiger partial charge in [0.2, 0.25) is 0 Å². The predicted molar refractivity (Wildman–Crippen MR) is 71.6 cm³/mol. The van der Waals surface area contributed by atoms with Gasteiger partial charge in [-0.05, 0) is 62.5 Å². The highest BCUT2D eigenvalue weighted by atomic mass is 32.2. The lowest BCUT2D eigenvalue weighted by Crippen LogP contribution is -2.40. The maximum atomic E-state index is 3.74. The lowest BCUT2D eigenvalue weighted by Gasteiger charge is -2.35. The van der Waals surface area contributed by atoms with Gasteiger partial charge in [0, 0.05) is 6.04 Å². The molecule has 1 aliphatic carbocycles. The van der Waals surface area contributed by atoms with Crippen LogP contribution in [0.2, 0.25) is 0 Å². The summed E-state index contributed by atoms with van der Waals surface area (Å²) in [6.07, 6.45) is 9.17. The third-order valence-electron chi connectivity index (χ3n) is 3.59. The zero-order valence-electron chi connectivity index (χ0n) is 10.6. The molecule has 90 valence electrons. The van der Waals surface area contributed by atoms with Gasteiger partial charge >= 0.3 is 0 Å². The fraction of sp³-hybridized carbons (Fsp3) is 1.00. The van der Waals surface area contributed by atoms with Crippen LogP contribution < -0.4 is 5.32 Å². The number of hydrogen-bond acceptors (Lipinski definition) is 2. The van der Waals surface area contributed by atoms with Crippen molar-refractivity contribution in [3.63, 3.8) is 0 Å². The Morgan fingerprint density at radius 1 is 1.33 bits per heavy atom. The molecule has 15 heavy (non-hydrogen) atoms. The van der Waals surface area contributed by atoms with Gasteiger partial charge in [-0.3, -0.25) is 0 Å². The van der Waals surface area contributed by atoms with Crippen LogP contribution in [0.5, 0.6) is 0 Å². The molecule has 0 aromatic rings. The van der Waals surface area contributed by atoms with Crippen LogP contribution in [-0.4, -0.2) is 24.6 Å². The Labute approximate surface area is 99.8 Å². The lowest BCUT2D eigenvalue weighted by molar-refractivity contribution is 0.209. The van der Waals surface area contributed by atoms with Gasteiger partial charge in [-0.25, -0.2) is 0 Å². The SMILES string of the molecule is CCCNC1CCC(C)CC1CCSC. The minimum absolute atomic E-state index is 0.813. The van der Waals surface area contributed by atoms with Gasteiger partial charge in [-0.15, -0.1) is 0 Å². The average Bonchev–Trinajstić information content (AvgIpc) is 2.25. The van der Waals surface area contributed by atoms with Crippen LogP contribution in [0, 0.1) is 11.8 Å². The fourth-order valence-electron chi connectivity index (χ4n) is 2.69. The average molecular weight is 229 g/mol. The summed E-state index contributed by atoms with van der Waals surface area (Å²) in [7, 11) is 0. The van der Waals surface area contributed by atoms with Gasteiger partial charge in [-0.2, -0.15) is 11.8 Å². The molecule has 0 aromatic heterocycles. The number of rotatable bonds is 6. The maximum Gasteiger partial charge on any atom is 0.00958 e. The lowest BCUT2D eigenvalue weighted by atomic mass is 9.77. The molecule has 0 heterocycles. The van der Waals surface area contributed by atoms with E-state index in [9.17, 15) is 0 Å². The first-order valence-corrected chi connectivity index (χ1v) is 7.89. The van der Waals surface area contributed by atoms with Gasteiger partial charge in [0.05, 0.1) is 0 Å². The van der Waals surface area contributed by atoms with Gasteiger partial charge in [-0.1, -0.05) is 13.8 Å². The van der Waals surface area contributed by atoms with E-state index in [4.69, 9.17) is 0 Å². The van der Waals surface area contributed by atoms with Gasteiger partial charge < -0.3 is 5.32 Å². The van der Waals surface area contributed by atoms with Crippen LogP contribution in [-0.2, 0) is 0 Å². The van der Waals surface area contributed by atoms with Crippen molar-refractivity contribution in [2.75, 3.05) is 18.6 Å². The zero-order chi connectivity index (χ0) is 11.1. The molecule has 0 amide bonds. The Kier molecular flexibility index (Phi) is 6.74. The van der Waals surface area contributed by atoms with Crippen LogP contribution >= 0.6 is 11.8 Å². The van der Waals surface area contributed by atoms with Crippen molar-refractivity contribution in [2.24, 2.45) is 11.8 Å². The van der Waals surface area contributed by atoms with Crippen LogP contribution in [0.4, 0.5) is 0 Å². The Hall–Kier alpha value is 0.310. The molecular weight excluding hydrogens is 202 g/mol. The highest BCUT2D eigenvalue weighted by molar-refractivity contribution is 7.98. The summed E-state index contributed by atoms with van der Waals surface area (Å²) in [6, 6.07) is 0.813. The summed E-state index contributed by atoms with van der Waals surface area (Å²) < 4.78 is 0. The fourth-order valence-corrected chi connectivity index (χ4v) is 3.22. The third kappa shape index (κ3) is 4.78. The van der Waals surface area contributed by atoms with E-state index in [1.165, 1.54) is 44.4 Å². The summed E-state index contributed by atoms with van der Waals surface area (Å²) in [5.74, 6) is 3.23. The van der Waals surface area contributed by atoms with Crippen molar-refractivity contribution in [3.05, 3.63) is 0 Å². The molecule has 0 saturated heterocycles. The second-order valence-corrected chi connectivity index (χ2v) is 6.01. The van der Waals surface area contributed by atoms with E-state index in [-0.39, 0.29) is 0 Å². The van der Waals surface area contributed by atoms with E-state index in [0.29, 0.717) is 0 Å². The predicted octanol–water partition coefficient (Wildman–Crippen LogP) is 3.54. The normalized spacial score (nSPS) is 31.8. The standard InChI is InChI=1S/C13H27NS/c1-4-8-14-13-6-5-11(2)10-12(13)7-9-15-3/h11-14H,4-10H2,1-3H3. The van der Waals surface area contributed by atoms with Crippen molar-refractivity contribution in [2.45, 2.75) is 52.0 Å². The van der Waals surface area contributed by atoms with E-state index >= 15 is 0 Å². The summed E-state index contributed by atoms with van der Waals surface area (Å²) in [5, 5.41) is 3.74. The molecular formula is C13H27NS. The molecule has 0 spiro atoms. The molecule has 1 aliphatic rings. The highest BCUT2D eigenvalue weighted by Crippen LogP contribution is 2.31. The Balaban J connectivity index is 2.35. The zero-order valence-corrected chi connectivity index (χ0v) is 11.4. The molecule has 1 nitrogen and oxygen atoms in total. The summed E-state index contributed by atoms with van der Waals surface area (Å²) in [5.41, 5.74) is 0. The third-order valence-corrected chi connectivity index (χ3v) is 4.24. The second-order valence-electron chi connectivity index (χ2n) is 5.02. The molecule has 1 N–H and O–H groups in total. The molecule has 1 saturated carbocycles. The summed E-state index contributed by atoms with van der Waals surface area (Å²) in [4.78, 5) is 0. The molecule has 2 heteroatoms. The molecule has 1 fully saturated rings. The van der Waals surface area contributed by atoms with Crippen LogP contribution in [0.25, 0.3) is 0 Å². The second kappa shape index (κ2) is 7.56. The largest absolute Gasteiger partial charge is 0.314 e. The topological polar surface area (TPSA) is 12.0 Å². The van der Waals surface area contributed by atoms with Crippen molar-refractivity contribution in [1.29, 1.82) is 0 Å². The van der Waals surface area contributed by atoms with Crippen molar-refractivity contribution in [3.8, 4) is 0 Å². The van der Waals surface area contributed by atoms with Crippen molar-refractivity contribution < 1.29 is 0 Å². The van der Waals surface area contributed by atoms with Crippen molar-refractivity contribution >= 4 is 11.8 Å². The molecule has 3 atom stereocenters. The molecule has 0 aliphatic heterocycles. The molecule has 1 rings (SSSR count). The van der Waals surface area contributed by atoms with E-state index < -0.39 is 0 Å². The molecule has 0 aromatic carbocycles. The molecule has 0 bridgehead atoms. The van der Waals surface area contributed by atoms with E-state index in [1.54, 1.807) is 0 Å². The quantitative estimate of drug-likeness (QED) is 0.747. The summed E-state index contributed by atoms with van der Waals surface area (Å²) in [6.45, 7) is 5.88. The first kappa shape index (κ1) is 13.4. The number of hydrogen-bond donors (Lipinski definition) is 1. The van der Waals surface area contributed by atoms with Gasteiger partial charge in [0.15, 0.2) is 0 Å². The maximum absolute atomic E-state index is 3.74. The minimum Gasteiger partial charge on any atom is -0.314 e. The highest BCUT2D eigenvalue weighted by Gasteiger charge is 2.27. The van der Waals surface area contributed by atoms with Crippen LogP contribution in [0.1, 0.15) is 46.0 Å². The Bertz CT molecular complexity index is 159. The molecule has 3 unspecified atom stereocenters. The summed E-state index contributed by atoms with van der Waals surface area (Å²) >= 11 is 1.99. The minimum atomic E-state index is 0.813. The van der Waals surface area contributed by atoms with Crippen molar-refractivity contribution in [1.82, 2.24) is 5.32 Å². The number of thioether (sulfide) groups is 1. The van der Waals surface area contributed by atoms with Gasteiger partial charge in [0.1, 0.15) is 0 Å². The van der Waals surface area contributed by atoms with E-state index in [1.807, 2.05) is 11.8 Å². The Morgan fingerprint density at radius 2 is 2.13 bits per heavy atom. The van der Waals surface area contributed by atoms with E-state index in [0.717, 1.165) is 17.9 Å². The monoisotopic (exact) mass is 229 g/mol. The Morgan fingerprint density at radius 3 is 2.80 bits per heavy atom. The van der Waals surface area contributed by atoms with E-state index in [2.05, 4.69) is 25.4 Å². The number of nitrogens with one attached hydrogen (secondary N) is 1. The molecule has 0 radical (unpaired) electrons. The van der Waals surface area contributed by atoms with Crippen LogP contribution in [0.15, 0.2) is 0 Å². The first-order chi connectivity index (χ1) is 7.27. The van der Waals surface area contributed by atoms with Crippen LogP contribution in [0.3, 0.4) is 0 Å².